The Balaban J connectivity index is 1.01. The number of furan rings is 1. The summed E-state index contributed by atoms with van der Waals surface area (Å²) < 4.78 is 11.3. The molecular weight excluding hydrogens is 697 g/mol. The average molecular weight is 733 g/mol. The van der Waals surface area contributed by atoms with Crippen molar-refractivity contribution < 1.29 is 4.42 Å². The maximum Gasteiger partial charge on any atom is 0.201 e. The summed E-state index contributed by atoms with van der Waals surface area (Å²) in [7, 11) is 0. The Kier molecular flexibility index (Phi) is 7.05. The lowest BCUT2D eigenvalue weighted by Crippen LogP contribution is -2.25. The molecule has 0 bridgehead atoms. The molecule has 3 aromatic heterocycles. The highest BCUT2D eigenvalue weighted by Crippen LogP contribution is 2.43. The summed E-state index contributed by atoms with van der Waals surface area (Å²) in [6.45, 7) is 0. The van der Waals surface area contributed by atoms with Crippen molar-refractivity contribution in [2.75, 3.05) is 5.32 Å². The lowest BCUT2D eigenvalue weighted by molar-refractivity contribution is 0.567. The van der Waals surface area contributed by atoms with Gasteiger partial charge in [0.1, 0.15) is 11.3 Å². The van der Waals surface area contributed by atoms with Crippen molar-refractivity contribution in [2.45, 2.75) is 19.1 Å². The lowest BCUT2D eigenvalue weighted by Gasteiger charge is -2.26. The normalized spacial score (nSPS) is 14.9. The molecule has 1 N–H and O–H groups in total. The molecule has 0 spiro atoms. The fourth-order valence-electron chi connectivity index (χ4n) is 9.19. The Bertz CT molecular complexity index is 3250. The number of nitrogens with zero attached hydrogens (tertiary/aromatic N) is 3. The van der Waals surface area contributed by atoms with Gasteiger partial charge in [0, 0.05) is 38.5 Å². The Morgan fingerprint density at radius 2 is 1.21 bits per heavy atom. The molecule has 10 aromatic rings. The minimum absolute atomic E-state index is 0.383. The van der Waals surface area contributed by atoms with E-state index >= 15 is 0 Å². The molecular formula is C52H36N4O. The van der Waals surface area contributed by atoms with Crippen molar-refractivity contribution in [2.24, 2.45) is 4.99 Å². The van der Waals surface area contributed by atoms with Crippen LogP contribution in [0.2, 0.25) is 0 Å². The standard InChI is InChI=1S/C52H36N4O/c1-3-13-33(14-4-1)34-23-27-38(28-24-34)55-44-20-10-8-18-40(44)43-31-36(26-30-46(43)55)37-25-29-41-39-17-7-11-21-45(39)56(47(41)32-37)52-53-49(35-15-5-2-6-16-35)51-50(54-52)42-19-9-12-22-48(42)57-51/h1-6,8-16,18-32,52,54H,7,17H2. The zero-order valence-electron chi connectivity index (χ0n) is 31.1. The van der Waals surface area contributed by atoms with Crippen LogP contribution >= 0.6 is 0 Å². The molecule has 7 aromatic carbocycles. The Morgan fingerprint density at radius 1 is 0.544 bits per heavy atom. The van der Waals surface area contributed by atoms with Gasteiger partial charge in [-0.25, -0.2) is 4.99 Å². The quantitative estimate of drug-likeness (QED) is 0.191. The van der Waals surface area contributed by atoms with E-state index in [-0.39, 0.29) is 6.29 Å². The number of aromatic nitrogens is 2. The first-order valence-electron chi connectivity index (χ1n) is 19.7. The van der Waals surface area contributed by atoms with Crippen LogP contribution in [0.5, 0.6) is 0 Å². The van der Waals surface area contributed by atoms with E-state index in [1.165, 1.54) is 60.7 Å². The average Bonchev–Trinajstić information content (AvgIpc) is 3.94. The minimum Gasteiger partial charge on any atom is -0.452 e. The number of allylic oxidation sites excluding steroid dienone is 1. The Hall–Kier alpha value is -7.37. The molecule has 0 amide bonds. The number of para-hydroxylation sites is 2. The molecule has 0 fully saturated rings. The van der Waals surface area contributed by atoms with Crippen LogP contribution in [0, 0.1) is 0 Å². The number of aliphatic imine (C=N–C) groups is 1. The highest BCUT2D eigenvalue weighted by atomic mass is 16.3. The molecule has 1 unspecified atom stereocenters. The second-order valence-corrected chi connectivity index (χ2v) is 15.1. The molecule has 0 saturated heterocycles. The summed E-state index contributed by atoms with van der Waals surface area (Å²) in [6.07, 6.45) is 6.21. The smallest absolute Gasteiger partial charge is 0.201 e. The first-order valence-corrected chi connectivity index (χ1v) is 19.7. The number of anilines is 1. The van der Waals surface area contributed by atoms with Crippen LogP contribution in [0.1, 0.15) is 35.3 Å². The molecule has 5 nitrogen and oxygen atoms in total. The molecule has 1 aliphatic carbocycles. The van der Waals surface area contributed by atoms with Crippen molar-refractivity contribution in [1.82, 2.24) is 9.13 Å². The zero-order chi connectivity index (χ0) is 37.5. The maximum atomic E-state index is 6.50. The maximum absolute atomic E-state index is 6.50. The summed E-state index contributed by atoms with van der Waals surface area (Å²) in [5.74, 6) is 0.778. The van der Waals surface area contributed by atoms with Crippen LogP contribution in [0.4, 0.5) is 5.69 Å². The number of rotatable bonds is 5. The van der Waals surface area contributed by atoms with Crippen LogP contribution in [-0.4, -0.2) is 14.8 Å². The Labute approximate surface area is 329 Å². The first kappa shape index (κ1) is 31.9. The van der Waals surface area contributed by atoms with Crippen LogP contribution in [0.25, 0.3) is 77.7 Å². The molecule has 0 saturated carbocycles. The highest BCUT2D eigenvalue weighted by Gasteiger charge is 2.31. The molecule has 1 aliphatic heterocycles. The fourth-order valence-corrected chi connectivity index (χ4v) is 9.19. The van der Waals surface area contributed by atoms with Gasteiger partial charge in [-0.1, -0.05) is 127 Å². The van der Waals surface area contributed by atoms with E-state index in [0.717, 1.165) is 57.7 Å². The van der Waals surface area contributed by atoms with Crippen molar-refractivity contribution >= 4 is 61.2 Å². The molecule has 4 heterocycles. The largest absolute Gasteiger partial charge is 0.452 e. The van der Waals surface area contributed by atoms with E-state index < -0.39 is 0 Å². The van der Waals surface area contributed by atoms with Crippen molar-refractivity contribution in [1.29, 1.82) is 0 Å². The molecule has 270 valence electrons. The number of benzene rings is 7. The Morgan fingerprint density at radius 3 is 2.05 bits per heavy atom. The van der Waals surface area contributed by atoms with Crippen molar-refractivity contribution in [3.05, 3.63) is 199 Å². The summed E-state index contributed by atoms with van der Waals surface area (Å²) in [5, 5.41) is 8.65. The zero-order valence-corrected chi connectivity index (χ0v) is 31.1. The highest BCUT2D eigenvalue weighted by molar-refractivity contribution is 6.19. The van der Waals surface area contributed by atoms with Crippen LogP contribution < -0.4 is 5.32 Å². The third-order valence-electron chi connectivity index (χ3n) is 11.9. The van der Waals surface area contributed by atoms with E-state index in [1.807, 2.05) is 18.2 Å². The summed E-state index contributed by atoms with van der Waals surface area (Å²) >= 11 is 0. The fraction of sp³-hybridized carbons (Fsp3) is 0.0577. The van der Waals surface area contributed by atoms with Gasteiger partial charge in [0.15, 0.2) is 5.76 Å². The van der Waals surface area contributed by atoms with E-state index in [0.29, 0.717) is 0 Å². The molecule has 5 heteroatoms. The van der Waals surface area contributed by atoms with Crippen LogP contribution in [-0.2, 0) is 6.42 Å². The lowest BCUT2D eigenvalue weighted by atomic mass is 9.98. The minimum atomic E-state index is -0.383. The number of nitrogens with one attached hydrogen (secondary N) is 1. The van der Waals surface area contributed by atoms with Gasteiger partial charge >= 0.3 is 0 Å². The monoisotopic (exact) mass is 732 g/mol. The van der Waals surface area contributed by atoms with E-state index in [2.05, 4.69) is 178 Å². The predicted molar refractivity (Wildman–Crippen MR) is 235 cm³/mol. The third kappa shape index (κ3) is 4.99. The second-order valence-electron chi connectivity index (χ2n) is 15.1. The molecule has 57 heavy (non-hydrogen) atoms. The van der Waals surface area contributed by atoms with Gasteiger partial charge in [-0.2, -0.15) is 0 Å². The first-order chi connectivity index (χ1) is 28.3. The van der Waals surface area contributed by atoms with Gasteiger partial charge < -0.3 is 18.9 Å². The van der Waals surface area contributed by atoms with Gasteiger partial charge in [0.2, 0.25) is 6.29 Å². The molecule has 12 rings (SSSR count). The van der Waals surface area contributed by atoms with E-state index in [4.69, 9.17) is 9.41 Å². The summed E-state index contributed by atoms with van der Waals surface area (Å²) in [4.78, 5) is 5.46. The van der Waals surface area contributed by atoms with Crippen molar-refractivity contribution in [3.63, 3.8) is 0 Å². The van der Waals surface area contributed by atoms with Gasteiger partial charge in [-0.3, -0.25) is 0 Å². The summed E-state index contributed by atoms with van der Waals surface area (Å²) in [6, 6.07) is 60.8. The van der Waals surface area contributed by atoms with Gasteiger partial charge in [0.25, 0.3) is 0 Å². The molecule has 1 atom stereocenters. The SMILES string of the molecule is C1=Cc2c(c3ccc(-c4ccc5c(c4)c4ccccc4n5-c4ccc(-c5ccccc5)cc4)cc3n2C2N=C(c3ccccc3)c3oc4ccccc4c3N2)CC1. The number of aryl methyl sites for hydroxylation is 1. The van der Waals surface area contributed by atoms with E-state index in [9.17, 15) is 0 Å². The van der Waals surface area contributed by atoms with Gasteiger partial charge in [-0.15, -0.1) is 0 Å². The number of hydrogen-bond donors (Lipinski definition) is 1. The third-order valence-corrected chi connectivity index (χ3v) is 11.9. The van der Waals surface area contributed by atoms with Crippen molar-refractivity contribution in [3.8, 4) is 27.9 Å². The van der Waals surface area contributed by atoms with Gasteiger partial charge in [-0.05, 0) is 95.3 Å². The van der Waals surface area contributed by atoms with Crippen LogP contribution in [0.15, 0.2) is 185 Å². The van der Waals surface area contributed by atoms with Gasteiger partial charge in [0.05, 0.1) is 22.2 Å². The molecule has 2 aliphatic rings. The number of fused-ring (bicyclic) bond motifs is 9. The number of hydrogen-bond acceptors (Lipinski definition) is 3. The topological polar surface area (TPSA) is 47.4 Å². The second kappa shape index (κ2) is 12.6. The van der Waals surface area contributed by atoms with Crippen LogP contribution in [0.3, 0.4) is 0 Å². The van der Waals surface area contributed by atoms with E-state index in [1.54, 1.807) is 0 Å². The summed E-state index contributed by atoms with van der Waals surface area (Å²) in [5.41, 5.74) is 15.8. The molecule has 0 radical (unpaired) electrons. The predicted octanol–water partition coefficient (Wildman–Crippen LogP) is 13.2.